The first-order valence-corrected chi connectivity index (χ1v) is 11.8. The van der Waals surface area contributed by atoms with Crippen LogP contribution in [0.15, 0.2) is 24.5 Å². The summed E-state index contributed by atoms with van der Waals surface area (Å²) in [6.45, 7) is 7.79. The van der Waals surface area contributed by atoms with Crippen LogP contribution in [0, 0.1) is 5.92 Å². The molecule has 0 saturated heterocycles. The van der Waals surface area contributed by atoms with Gasteiger partial charge in [0.15, 0.2) is 0 Å². The molecule has 3 atom stereocenters. The van der Waals surface area contributed by atoms with Crippen LogP contribution in [0.4, 0.5) is 10.5 Å². The van der Waals surface area contributed by atoms with Crippen molar-refractivity contribution in [3.05, 3.63) is 30.1 Å². The monoisotopic (exact) mass is 502 g/mol. The van der Waals surface area contributed by atoms with Crippen LogP contribution >= 0.6 is 0 Å². The molecule has 1 aliphatic heterocycles. The molecule has 0 unspecified atom stereocenters. The normalized spacial score (nSPS) is 18.5. The smallest absolute Gasteiger partial charge is 0.317 e. The summed E-state index contributed by atoms with van der Waals surface area (Å²) < 4.78 is 7.55. The van der Waals surface area contributed by atoms with E-state index >= 15 is 0 Å². The maximum Gasteiger partial charge on any atom is 0.317 e. The summed E-state index contributed by atoms with van der Waals surface area (Å²) in [6.07, 6.45) is 0.902. The third-order valence-corrected chi connectivity index (χ3v) is 5.86. The van der Waals surface area contributed by atoms with Gasteiger partial charge in [0.05, 0.1) is 24.8 Å². The molecule has 13 heteroatoms. The van der Waals surface area contributed by atoms with E-state index < -0.39 is 12.1 Å². The highest BCUT2D eigenvalue weighted by molar-refractivity contribution is 5.99. The lowest BCUT2D eigenvalue weighted by atomic mass is 9.99. The van der Waals surface area contributed by atoms with Gasteiger partial charge in [-0.25, -0.2) is 9.48 Å². The van der Waals surface area contributed by atoms with Crippen molar-refractivity contribution in [2.75, 3.05) is 32.1 Å². The lowest BCUT2D eigenvalue weighted by Gasteiger charge is -2.38. The van der Waals surface area contributed by atoms with Gasteiger partial charge in [-0.15, -0.1) is 5.10 Å². The molecule has 1 aliphatic rings. The molecule has 2 heterocycles. The van der Waals surface area contributed by atoms with Crippen molar-refractivity contribution >= 4 is 23.5 Å². The lowest BCUT2D eigenvalue weighted by molar-refractivity contribution is -0.116. The van der Waals surface area contributed by atoms with E-state index in [1.165, 1.54) is 11.0 Å². The van der Waals surface area contributed by atoms with Gasteiger partial charge in [0, 0.05) is 31.2 Å². The fraction of sp³-hybridized carbons (Fsp3) is 0.565. The average molecular weight is 503 g/mol. The fourth-order valence-electron chi connectivity index (χ4n) is 3.83. The molecule has 196 valence electrons. The number of amides is 4. The predicted octanol–water partition coefficient (Wildman–Crippen LogP) is 0.582. The van der Waals surface area contributed by atoms with E-state index in [1.807, 2.05) is 20.8 Å². The predicted molar refractivity (Wildman–Crippen MR) is 130 cm³/mol. The fourth-order valence-corrected chi connectivity index (χ4v) is 3.83. The Bertz CT molecular complexity index is 1060. The topological polar surface area (TPSA) is 155 Å². The van der Waals surface area contributed by atoms with Gasteiger partial charge in [0.25, 0.3) is 5.91 Å². The number of nitrogens with one attached hydrogen (secondary N) is 2. The number of tetrazole rings is 1. The van der Waals surface area contributed by atoms with Gasteiger partial charge in [-0.1, -0.05) is 6.92 Å². The zero-order valence-corrected chi connectivity index (χ0v) is 21.2. The number of carbonyl (C=O) groups excluding carboxylic acids is 3. The first-order chi connectivity index (χ1) is 17.1. The molecule has 0 radical (unpaired) electrons. The van der Waals surface area contributed by atoms with Crippen LogP contribution in [0.1, 0.15) is 38.1 Å². The number of ether oxygens (including phenoxy) is 1. The Morgan fingerprint density at radius 1 is 1.31 bits per heavy atom. The van der Waals surface area contributed by atoms with Crippen molar-refractivity contribution in [2.45, 2.75) is 52.4 Å². The second-order valence-corrected chi connectivity index (χ2v) is 9.37. The van der Waals surface area contributed by atoms with Gasteiger partial charge in [0.2, 0.25) is 5.91 Å². The number of aliphatic hydroxyl groups is 1. The minimum absolute atomic E-state index is 0.00989. The molecule has 0 bridgehead atoms. The Hall–Kier alpha value is -3.74. The molecule has 0 saturated carbocycles. The van der Waals surface area contributed by atoms with Crippen LogP contribution in [-0.4, -0.2) is 97.9 Å². The van der Waals surface area contributed by atoms with E-state index in [0.29, 0.717) is 24.5 Å². The molecule has 2 aromatic rings. The molecule has 0 fully saturated rings. The molecule has 1 aromatic heterocycles. The molecule has 13 nitrogen and oxygen atoms in total. The van der Waals surface area contributed by atoms with Gasteiger partial charge in [0.1, 0.15) is 24.7 Å². The van der Waals surface area contributed by atoms with Crippen LogP contribution in [0.5, 0.6) is 5.75 Å². The van der Waals surface area contributed by atoms with Crippen molar-refractivity contribution < 1.29 is 24.2 Å². The number of urea groups is 1. The van der Waals surface area contributed by atoms with E-state index in [1.54, 1.807) is 42.0 Å². The van der Waals surface area contributed by atoms with Crippen LogP contribution in [0.25, 0.3) is 0 Å². The first-order valence-electron chi connectivity index (χ1n) is 11.8. The Kier molecular flexibility index (Phi) is 8.80. The first kappa shape index (κ1) is 26.9. The third-order valence-electron chi connectivity index (χ3n) is 5.86. The van der Waals surface area contributed by atoms with Crippen molar-refractivity contribution in [3.8, 4) is 5.75 Å². The van der Waals surface area contributed by atoms with E-state index in [4.69, 9.17) is 4.74 Å². The largest absolute Gasteiger partial charge is 0.487 e. The maximum absolute atomic E-state index is 13.5. The second kappa shape index (κ2) is 11.8. The average Bonchev–Trinajstić information content (AvgIpc) is 3.33. The minimum Gasteiger partial charge on any atom is -0.487 e. The molecular weight excluding hydrogens is 468 g/mol. The van der Waals surface area contributed by atoms with Gasteiger partial charge in [-0.3, -0.25) is 9.59 Å². The lowest BCUT2D eigenvalue weighted by Crippen LogP contribution is -2.51. The summed E-state index contributed by atoms with van der Waals surface area (Å²) in [7, 11) is 1.69. The number of hydrogen-bond donors (Lipinski definition) is 3. The molecule has 3 N–H and O–H groups in total. The Balaban J connectivity index is 1.87. The molecule has 3 rings (SSSR count). The zero-order chi connectivity index (χ0) is 26.4. The summed E-state index contributed by atoms with van der Waals surface area (Å²) in [5.74, 6) is -0.491. The quantitative estimate of drug-likeness (QED) is 0.474. The molecule has 0 aliphatic carbocycles. The van der Waals surface area contributed by atoms with Crippen LogP contribution in [0.3, 0.4) is 0 Å². The molecule has 36 heavy (non-hydrogen) atoms. The van der Waals surface area contributed by atoms with Crippen LogP contribution < -0.4 is 15.4 Å². The van der Waals surface area contributed by atoms with Gasteiger partial charge in [-0.2, -0.15) is 0 Å². The Labute approximate surface area is 209 Å². The van der Waals surface area contributed by atoms with Crippen molar-refractivity contribution in [1.29, 1.82) is 0 Å². The minimum atomic E-state index is -0.438. The highest BCUT2D eigenvalue weighted by Gasteiger charge is 2.34. The van der Waals surface area contributed by atoms with Gasteiger partial charge in [-0.05, 0) is 49.4 Å². The summed E-state index contributed by atoms with van der Waals surface area (Å²) in [4.78, 5) is 41.5. The van der Waals surface area contributed by atoms with E-state index in [2.05, 4.69) is 26.2 Å². The number of benzene rings is 1. The molecule has 0 spiro atoms. The Morgan fingerprint density at radius 3 is 2.69 bits per heavy atom. The standard InChI is InChI=1S/C23H34N8O5/c1-14(2)25-23(35)29(5)10-20-15(3)9-31(16(4)12-32)22(34)18-8-17(6-7-19(18)36-20)26-21(33)11-30-13-24-27-28-30/h6-8,13-16,20,32H,9-12H2,1-5H3,(H,25,35)(H,26,33)/t15-,16-,20-/m1/s1. The van der Waals surface area contributed by atoms with Crippen LogP contribution in [-0.2, 0) is 11.3 Å². The van der Waals surface area contributed by atoms with Gasteiger partial charge < -0.3 is 30.3 Å². The van der Waals surface area contributed by atoms with Gasteiger partial charge >= 0.3 is 6.03 Å². The third kappa shape index (κ3) is 6.68. The van der Waals surface area contributed by atoms with Crippen LogP contribution in [0.2, 0.25) is 0 Å². The summed E-state index contributed by atoms with van der Waals surface area (Å²) >= 11 is 0. The maximum atomic E-state index is 13.5. The Morgan fingerprint density at radius 2 is 2.06 bits per heavy atom. The number of aromatic nitrogens is 4. The van der Waals surface area contributed by atoms with E-state index in [9.17, 15) is 19.5 Å². The highest BCUT2D eigenvalue weighted by atomic mass is 16.5. The zero-order valence-electron chi connectivity index (χ0n) is 21.2. The van der Waals surface area contributed by atoms with Crippen molar-refractivity contribution in [3.63, 3.8) is 0 Å². The second-order valence-electron chi connectivity index (χ2n) is 9.37. The number of nitrogens with zero attached hydrogens (tertiary/aromatic N) is 6. The molecule has 4 amide bonds. The SMILES string of the molecule is CC(C)NC(=O)N(C)C[C@H]1Oc2ccc(NC(=O)Cn3cnnn3)cc2C(=O)N([C@H](C)CO)C[C@H]1C. The van der Waals surface area contributed by atoms with E-state index in [-0.39, 0.29) is 48.5 Å². The number of aliphatic hydroxyl groups excluding tert-OH is 1. The highest BCUT2D eigenvalue weighted by Crippen LogP contribution is 2.30. The molecular formula is C23H34N8O5. The van der Waals surface area contributed by atoms with E-state index in [0.717, 1.165) is 0 Å². The number of likely N-dealkylation sites (N-methyl/N-ethyl adjacent to an activating group) is 1. The molecule has 1 aromatic carbocycles. The summed E-state index contributed by atoms with van der Waals surface area (Å²) in [6, 6.07) is 4.15. The van der Waals surface area contributed by atoms with Crippen molar-refractivity contribution in [1.82, 2.24) is 35.3 Å². The summed E-state index contributed by atoms with van der Waals surface area (Å²) in [5.41, 5.74) is 0.653. The number of hydrogen-bond acceptors (Lipinski definition) is 8. The summed E-state index contributed by atoms with van der Waals surface area (Å²) in [5, 5.41) is 26.1. The number of carbonyl (C=O) groups is 3. The number of anilines is 1. The number of rotatable bonds is 8. The number of fused-ring (bicyclic) bond motifs is 1. The van der Waals surface area contributed by atoms with Crippen molar-refractivity contribution in [2.24, 2.45) is 5.92 Å².